The van der Waals surface area contributed by atoms with Crippen molar-refractivity contribution in [3.8, 4) is 0 Å². The van der Waals surface area contributed by atoms with Crippen molar-refractivity contribution >= 4 is 59.1 Å². The number of amides is 10. The summed E-state index contributed by atoms with van der Waals surface area (Å²) >= 11 is 0. The van der Waals surface area contributed by atoms with Crippen LogP contribution in [0.15, 0.2) is 24.2 Å². The molecule has 0 aromatic rings. The second-order valence-electron chi connectivity index (χ2n) is 25.6. The van der Waals surface area contributed by atoms with Crippen LogP contribution in [0.5, 0.6) is 0 Å². The first-order valence-corrected chi connectivity index (χ1v) is 30.2. The van der Waals surface area contributed by atoms with E-state index >= 15 is 9.59 Å². The van der Waals surface area contributed by atoms with E-state index in [0.717, 1.165) is 25.8 Å². The molecule has 0 aromatic carbocycles. The van der Waals surface area contributed by atoms with Crippen LogP contribution in [0.4, 0.5) is 0 Å². The molecule has 0 aromatic heterocycles. The molecule has 1 heterocycles. The van der Waals surface area contributed by atoms with Gasteiger partial charge in [0.15, 0.2) is 0 Å². The molecular formula is C62H105Li6N11O12. The summed E-state index contributed by atoms with van der Waals surface area (Å²) in [6.45, 7) is 29.1. The van der Waals surface area contributed by atoms with Crippen molar-refractivity contribution in [2.24, 2.45) is 41.4 Å². The number of carbonyl (C=O) groups excluding carboxylic acids is 10. The van der Waals surface area contributed by atoms with Crippen molar-refractivity contribution < 1.29 is 171 Å². The van der Waals surface area contributed by atoms with E-state index in [2.05, 4.69) is 21.3 Å². The summed E-state index contributed by atoms with van der Waals surface area (Å²) in [5, 5.41) is 45.7. The molecule has 0 N–H and O–H groups in total. The SMILES string of the molecule is C/C=C/C[C@@H](C)[C@@H]([O-])[C@H]1C(=O)[N-][C@@H](CC)C(=O)N(C)/C=C(\[O-])N(C)[C@@H](CC(C)C)C(=O)[N-][C@@H](C(C)C)C(=O)N(C)[C@@H](CC(C)C)C(=O)[N-][C@@H](C)C(=O)[N-][C@H](C)C(=O)N(C)[C@@H](CC(C)C)C(=O)N(C)[C@@H](CC(C)C)C(=O)N(C)[C@@H](C(C)C)C(=O)N1C.[Li+].[Li+].[Li+].[Li+].[Li+].[Li+]. The van der Waals surface area contributed by atoms with E-state index < -0.39 is 149 Å². The molecule has 29 heteroatoms. The Labute approximate surface area is 618 Å². The smallest absolute Gasteiger partial charge is 0.859 e. The fourth-order valence-electron chi connectivity index (χ4n) is 10.3. The first kappa shape index (κ1) is 99.4. The summed E-state index contributed by atoms with van der Waals surface area (Å²) in [5.41, 5.74) is 0. The molecule has 0 saturated heterocycles. The zero-order chi connectivity index (χ0) is 66.0. The van der Waals surface area contributed by atoms with Crippen LogP contribution in [0.25, 0.3) is 21.3 Å². The van der Waals surface area contributed by atoms with Crippen molar-refractivity contribution in [2.45, 2.75) is 223 Å². The number of hydrogen-bond acceptors (Lipinski definition) is 13. The molecule has 0 fully saturated rings. The predicted octanol–water partition coefficient (Wildman–Crippen LogP) is -12.6. The van der Waals surface area contributed by atoms with Gasteiger partial charge in [-0.3, -0.25) is 28.8 Å². The van der Waals surface area contributed by atoms with Crippen LogP contribution in [0.2, 0.25) is 0 Å². The molecule has 0 unspecified atom stereocenters. The number of allylic oxidation sites excluding steroid dienone is 2. The number of likely N-dealkylation sites (N-methyl/N-ethyl adjacent to an activating group) is 7. The van der Waals surface area contributed by atoms with Crippen LogP contribution in [0.1, 0.15) is 156 Å². The van der Waals surface area contributed by atoms with E-state index in [1.165, 1.54) is 77.9 Å². The largest absolute Gasteiger partial charge is 1.00 e. The van der Waals surface area contributed by atoms with Crippen LogP contribution >= 0.6 is 0 Å². The third kappa shape index (κ3) is 29.3. The van der Waals surface area contributed by atoms with Gasteiger partial charge < -0.3 is 85.0 Å². The molecule has 0 aliphatic carbocycles. The maximum Gasteiger partial charge on any atom is 1.00 e. The van der Waals surface area contributed by atoms with Crippen molar-refractivity contribution in [1.82, 2.24) is 34.3 Å². The molecule has 12 atom stereocenters. The second-order valence-corrected chi connectivity index (χ2v) is 25.6. The second kappa shape index (κ2) is 46.5. The van der Waals surface area contributed by atoms with Gasteiger partial charge in [0.1, 0.15) is 18.1 Å². The maximum absolute atomic E-state index is 15.1. The number of carbonyl (C=O) groups is 10. The van der Waals surface area contributed by atoms with Crippen LogP contribution in [0.3, 0.4) is 0 Å². The van der Waals surface area contributed by atoms with Gasteiger partial charge in [-0.05, 0) is 92.6 Å². The molecule has 91 heavy (non-hydrogen) atoms. The van der Waals surface area contributed by atoms with E-state index in [0.29, 0.717) is 0 Å². The molecule has 23 nitrogen and oxygen atoms in total. The van der Waals surface area contributed by atoms with Crippen molar-refractivity contribution in [1.29, 1.82) is 0 Å². The van der Waals surface area contributed by atoms with Crippen LogP contribution in [-0.4, -0.2) is 209 Å². The standard InChI is InChI=1S/C62H110N11O12.6Li/c1-25-27-28-40(15)52(75)51-56(79)65-43(26-2)58(81)67(18)33-48(74)68(19)44(29-34(3)4)55(78)66-49(38(11)12)61(84)69(20)45(30-35(5)6)54(77)63-41(16)53(76)64-42(17)57(80)70(21)46(31-36(7)8)59(82)71(22)47(32-37(9)10)60(83)72(23)50(39(13)14)62(85)73(51)24;;;;;;/h25,27,33-47,49-52H,26,28-32H2,1-24H3,(H5,63,64,65,66,74,76,77,78,79);;;;;;/q-1;6*+1/p-5/b27-25+,48-33-;;;;;;/t40-,41+,42-,43+,44+,45+,46+,47+,49+,50+,51+,52-;;;;;;/m1....../s1. The third-order valence-corrected chi connectivity index (χ3v) is 15.6. The minimum absolute atomic E-state index is 0. The Morgan fingerprint density at radius 1 is 0.451 bits per heavy atom. The molecule has 1 aliphatic rings. The predicted molar refractivity (Wildman–Crippen MR) is 325 cm³/mol. The normalized spacial score (nSPS) is 25.6. The Morgan fingerprint density at radius 2 is 0.835 bits per heavy atom. The maximum atomic E-state index is 15.1. The van der Waals surface area contributed by atoms with E-state index in [1.807, 2.05) is 55.4 Å². The molecule has 0 bridgehead atoms. The zero-order valence-electron chi connectivity index (χ0n) is 61.7. The quantitative estimate of drug-likeness (QED) is 0.109. The first-order valence-electron chi connectivity index (χ1n) is 30.2. The van der Waals surface area contributed by atoms with Gasteiger partial charge in [0.25, 0.3) is 0 Å². The number of hydrogen-bond donors (Lipinski definition) is 0. The Kier molecular flexibility index (Phi) is 50.8. The van der Waals surface area contributed by atoms with E-state index in [4.69, 9.17) is 0 Å². The summed E-state index contributed by atoms with van der Waals surface area (Å²) in [4.78, 5) is 153. The van der Waals surface area contributed by atoms with Crippen molar-refractivity contribution in [2.75, 3.05) is 49.3 Å². The summed E-state index contributed by atoms with van der Waals surface area (Å²) < 4.78 is 0. The number of nitrogens with zero attached hydrogens (tertiary/aromatic N) is 11. The summed E-state index contributed by atoms with van der Waals surface area (Å²) in [6.07, 6.45) is 3.19. The average molecular weight is 1240 g/mol. The van der Waals surface area contributed by atoms with Gasteiger partial charge in [-0.25, -0.2) is 0 Å². The fourth-order valence-corrected chi connectivity index (χ4v) is 10.3. The van der Waals surface area contributed by atoms with E-state index in [-0.39, 0.29) is 175 Å². The van der Waals surface area contributed by atoms with Crippen LogP contribution in [-0.2, 0) is 47.9 Å². The van der Waals surface area contributed by atoms with Crippen molar-refractivity contribution in [3.05, 3.63) is 45.5 Å². The minimum atomic E-state index is -1.80. The Hall–Kier alpha value is -2.68. The van der Waals surface area contributed by atoms with Gasteiger partial charge >= 0.3 is 113 Å². The van der Waals surface area contributed by atoms with Crippen molar-refractivity contribution in [3.63, 3.8) is 0 Å². The van der Waals surface area contributed by atoms with Gasteiger partial charge in [0, 0.05) is 61.4 Å². The molecule has 486 valence electrons. The van der Waals surface area contributed by atoms with Crippen LogP contribution in [0, 0.1) is 41.4 Å². The topological polar surface area (TPSA) is 296 Å². The first-order chi connectivity index (χ1) is 39.2. The molecular weight excluding hydrogens is 1130 g/mol. The van der Waals surface area contributed by atoms with Crippen LogP contribution < -0.4 is 123 Å². The fraction of sp³-hybridized carbons (Fsp3) is 0.774. The van der Waals surface area contributed by atoms with E-state index in [9.17, 15) is 48.6 Å². The summed E-state index contributed by atoms with van der Waals surface area (Å²) in [5.74, 6) is -11.5. The van der Waals surface area contributed by atoms with Gasteiger partial charge in [0.05, 0.1) is 35.8 Å². The Balaban J connectivity index is -0.00000301. The molecule has 0 spiro atoms. The monoisotopic (exact) mass is 1240 g/mol. The molecule has 1 aliphatic heterocycles. The zero-order valence-corrected chi connectivity index (χ0v) is 61.7. The summed E-state index contributed by atoms with van der Waals surface area (Å²) in [7, 11) is 9.51. The third-order valence-electron chi connectivity index (χ3n) is 15.6. The van der Waals surface area contributed by atoms with Gasteiger partial charge in [-0.15, -0.1) is 0 Å². The molecule has 0 saturated carbocycles. The Bertz CT molecular complexity index is 2370. The van der Waals surface area contributed by atoms with Gasteiger partial charge in [-0.1, -0.05) is 153 Å². The Morgan fingerprint density at radius 3 is 1.25 bits per heavy atom. The molecule has 10 amide bonds. The van der Waals surface area contributed by atoms with E-state index in [1.54, 1.807) is 60.6 Å². The van der Waals surface area contributed by atoms with Gasteiger partial charge in [-0.2, -0.15) is 0 Å². The number of rotatable bonds is 15. The summed E-state index contributed by atoms with van der Waals surface area (Å²) in [6, 6.07) is -13.6. The van der Waals surface area contributed by atoms with Gasteiger partial charge in [0.2, 0.25) is 35.4 Å². The average Bonchev–Trinajstić information content (AvgIpc) is 2.62. The molecule has 0 radical (unpaired) electrons. The minimum Gasteiger partial charge on any atom is -0.859 e. The molecule has 1 rings (SSSR count).